The van der Waals surface area contributed by atoms with Gasteiger partial charge in [-0.15, -0.1) is 0 Å². The third-order valence-electron chi connectivity index (χ3n) is 5.54. The number of hydrogen-bond donors (Lipinski definition) is 1. The zero-order valence-electron chi connectivity index (χ0n) is 12.0. The van der Waals surface area contributed by atoms with E-state index >= 15 is 0 Å². The van der Waals surface area contributed by atoms with Gasteiger partial charge >= 0.3 is 0 Å². The van der Waals surface area contributed by atoms with Crippen molar-refractivity contribution < 1.29 is 9.59 Å². The average molecular weight is 276 g/mol. The molecule has 4 nitrogen and oxygen atoms in total. The molecule has 3 saturated carbocycles. The Bertz CT molecular complexity index is 428. The van der Waals surface area contributed by atoms with Crippen molar-refractivity contribution in [3.8, 4) is 0 Å². The summed E-state index contributed by atoms with van der Waals surface area (Å²) in [5, 5.41) is 3.06. The molecule has 0 aromatic heterocycles. The van der Waals surface area contributed by atoms with E-state index in [4.69, 9.17) is 0 Å². The Morgan fingerprint density at radius 1 is 1.25 bits per heavy atom. The summed E-state index contributed by atoms with van der Waals surface area (Å²) in [5.41, 5.74) is 0. The predicted molar refractivity (Wildman–Crippen MR) is 74.8 cm³/mol. The standard InChI is InChI=1S/C16H24N2O2/c19-15-8-12(9-18(15)13-3-4-13)16(20)17-6-5-11-7-14(11)10-1-2-10/h10-14H,1-9H2,(H,17,20)/t11-,12?,14+/m1/s1. The minimum Gasteiger partial charge on any atom is -0.356 e. The summed E-state index contributed by atoms with van der Waals surface area (Å²) in [4.78, 5) is 25.9. The maximum absolute atomic E-state index is 12.1. The number of nitrogens with zero attached hydrogens (tertiary/aromatic N) is 1. The lowest BCUT2D eigenvalue weighted by molar-refractivity contribution is -0.129. The van der Waals surface area contributed by atoms with E-state index in [0.717, 1.165) is 43.6 Å². The smallest absolute Gasteiger partial charge is 0.225 e. The number of likely N-dealkylation sites (tertiary alicyclic amines) is 1. The van der Waals surface area contributed by atoms with Gasteiger partial charge in [0.05, 0.1) is 5.92 Å². The number of rotatable bonds is 6. The molecule has 1 unspecified atom stereocenters. The normalized spacial score (nSPS) is 36.3. The summed E-state index contributed by atoms with van der Waals surface area (Å²) in [5.74, 6) is 3.06. The molecule has 0 radical (unpaired) electrons. The number of carbonyl (C=O) groups is 2. The highest BCUT2D eigenvalue weighted by Crippen LogP contribution is 2.55. The number of amides is 2. The van der Waals surface area contributed by atoms with Gasteiger partial charge < -0.3 is 10.2 Å². The van der Waals surface area contributed by atoms with Crippen molar-refractivity contribution in [2.75, 3.05) is 13.1 Å². The largest absolute Gasteiger partial charge is 0.356 e. The van der Waals surface area contributed by atoms with E-state index in [1.54, 1.807) is 0 Å². The Morgan fingerprint density at radius 3 is 2.75 bits per heavy atom. The average Bonchev–Trinajstić information content (AvgIpc) is 3.28. The highest BCUT2D eigenvalue weighted by molar-refractivity contribution is 5.89. The van der Waals surface area contributed by atoms with Crippen molar-refractivity contribution in [1.29, 1.82) is 0 Å². The van der Waals surface area contributed by atoms with Crippen LogP contribution in [0.5, 0.6) is 0 Å². The first-order valence-corrected chi connectivity index (χ1v) is 8.29. The first-order valence-electron chi connectivity index (χ1n) is 8.29. The van der Waals surface area contributed by atoms with Gasteiger partial charge in [0.15, 0.2) is 0 Å². The third-order valence-corrected chi connectivity index (χ3v) is 5.54. The van der Waals surface area contributed by atoms with Crippen molar-refractivity contribution in [2.45, 2.75) is 51.0 Å². The molecule has 4 rings (SSSR count). The molecule has 2 amide bonds. The minimum absolute atomic E-state index is 0.0958. The van der Waals surface area contributed by atoms with Gasteiger partial charge in [-0.25, -0.2) is 0 Å². The van der Waals surface area contributed by atoms with Gasteiger partial charge in [0.25, 0.3) is 0 Å². The van der Waals surface area contributed by atoms with E-state index in [0.29, 0.717) is 19.0 Å². The van der Waals surface area contributed by atoms with Crippen LogP contribution in [-0.4, -0.2) is 35.8 Å². The van der Waals surface area contributed by atoms with Crippen LogP contribution in [0.2, 0.25) is 0 Å². The molecule has 0 bridgehead atoms. The molecule has 1 saturated heterocycles. The second-order valence-electron chi connectivity index (χ2n) is 7.26. The van der Waals surface area contributed by atoms with E-state index in [-0.39, 0.29) is 17.7 Å². The molecule has 0 spiro atoms. The molecule has 3 aliphatic carbocycles. The summed E-state index contributed by atoms with van der Waals surface area (Å²) < 4.78 is 0. The van der Waals surface area contributed by atoms with E-state index in [1.165, 1.54) is 19.3 Å². The van der Waals surface area contributed by atoms with Crippen LogP contribution in [0.1, 0.15) is 44.9 Å². The number of hydrogen-bond acceptors (Lipinski definition) is 2. The van der Waals surface area contributed by atoms with Crippen LogP contribution in [0.15, 0.2) is 0 Å². The maximum Gasteiger partial charge on any atom is 0.225 e. The fourth-order valence-electron chi connectivity index (χ4n) is 3.88. The Balaban J connectivity index is 1.17. The van der Waals surface area contributed by atoms with Crippen molar-refractivity contribution in [2.24, 2.45) is 23.7 Å². The first kappa shape index (κ1) is 12.7. The van der Waals surface area contributed by atoms with Crippen LogP contribution in [0.3, 0.4) is 0 Å². The van der Waals surface area contributed by atoms with Gasteiger partial charge in [-0.1, -0.05) is 0 Å². The Labute approximate surface area is 120 Å². The fraction of sp³-hybridized carbons (Fsp3) is 0.875. The molecule has 0 aromatic rings. The lowest BCUT2D eigenvalue weighted by atomic mass is 10.1. The van der Waals surface area contributed by atoms with E-state index < -0.39 is 0 Å². The summed E-state index contributed by atoms with van der Waals surface area (Å²) in [6.45, 7) is 1.46. The van der Waals surface area contributed by atoms with Crippen LogP contribution in [0, 0.1) is 23.7 Å². The lowest BCUT2D eigenvalue weighted by Crippen LogP contribution is -2.34. The summed E-state index contributed by atoms with van der Waals surface area (Å²) in [7, 11) is 0. The topological polar surface area (TPSA) is 49.4 Å². The quantitative estimate of drug-likeness (QED) is 0.800. The van der Waals surface area contributed by atoms with Crippen molar-refractivity contribution in [3.05, 3.63) is 0 Å². The summed E-state index contributed by atoms with van der Waals surface area (Å²) >= 11 is 0. The van der Waals surface area contributed by atoms with Crippen LogP contribution in [-0.2, 0) is 9.59 Å². The van der Waals surface area contributed by atoms with Gasteiger partial charge in [0, 0.05) is 25.6 Å². The zero-order valence-corrected chi connectivity index (χ0v) is 12.0. The van der Waals surface area contributed by atoms with Crippen LogP contribution in [0.4, 0.5) is 0 Å². The Morgan fingerprint density at radius 2 is 2.05 bits per heavy atom. The second-order valence-corrected chi connectivity index (χ2v) is 7.26. The number of carbonyl (C=O) groups excluding carboxylic acids is 2. The molecular weight excluding hydrogens is 252 g/mol. The third kappa shape index (κ3) is 2.57. The number of nitrogens with one attached hydrogen (secondary N) is 1. The molecule has 4 fully saturated rings. The fourth-order valence-corrected chi connectivity index (χ4v) is 3.88. The lowest BCUT2D eigenvalue weighted by Gasteiger charge is -2.15. The van der Waals surface area contributed by atoms with E-state index in [1.807, 2.05) is 4.90 Å². The molecule has 3 atom stereocenters. The molecule has 20 heavy (non-hydrogen) atoms. The summed E-state index contributed by atoms with van der Waals surface area (Å²) in [6, 6.07) is 0.450. The van der Waals surface area contributed by atoms with Crippen molar-refractivity contribution in [3.63, 3.8) is 0 Å². The molecule has 1 aliphatic heterocycles. The van der Waals surface area contributed by atoms with E-state index in [9.17, 15) is 9.59 Å². The first-order chi connectivity index (χ1) is 9.72. The van der Waals surface area contributed by atoms with Gasteiger partial charge in [0.1, 0.15) is 0 Å². The Kier molecular flexibility index (Phi) is 3.00. The highest BCUT2D eigenvalue weighted by Gasteiger charge is 2.46. The molecule has 110 valence electrons. The SMILES string of the molecule is O=C(NCC[C@@H]1C[C@H]1C1CC1)C1CC(=O)N(C2CC2)C1. The highest BCUT2D eigenvalue weighted by atomic mass is 16.2. The molecule has 1 N–H and O–H groups in total. The van der Waals surface area contributed by atoms with Crippen LogP contribution >= 0.6 is 0 Å². The Hall–Kier alpha value is -1.06. The van der Waals surface area contributed by atoms with Gasteiger partial charge in [-0.2, -0.15) is 0 Å². The molecule has 1 heterocycles. The minimum atomic E-state index is -0.0958. The van der Waals surface area contributed by atoms with Crippen molar-refractivity contribution >= 4 is 11.8 Å². The predicted octanol–water partition coefficient (Wildman–Crippen LogP) is 1.55. The van der Waals surface area contributed by atoms with Crippen LogP contribution in [0.25, 0.3) is 0 Å². The van der Waals surface area contributed by atoms with Crippen molar-refractivity contribution in [1.82, 2.24) is 10.2 Å². The van der Waals surface area contributed by atoms with Crippen LogP contribution < -0.4 is 5.32 Å². The van der Waals surface area contributed by atoms with Gasteiger partial charge in [-0.3, -0.25) is 9.59 Å². The molecule has 0 aromatic carbocycles. The summed E-state index contributed by atoms with van der Waals surface area (Å²) in [6.07, 6.45) is 8.09. The maximum atomic E-state index is 12.1. The van der Waals surface area contributed by atoms with Gasteiger partial charge in [0.2, 0.25) is 11.8 Å². The molecular formula is C16H24N2O2. The molecule has 4 heteroatoms. The van der Waals surface area contributed by atoms with E-state index in [2.05, 4.69) is 5.32 Å². The molecule has 4 aliphatic rings. The second kappa shape index (κ2) is 4.74. The zero-order chi connectivity index (χ0) is 13.7. The van der Waals surface area contributed by atoms with Gasteiger partial charge in [-0.05, 0) is 56.3 Å². The monoisotopic (exact) mass is 276 g/mol.